The average molecular weight is 285 g/mol. The Labute approximate surface area is 92.7 Å². The zero-order valence-corrected chi connectivity index (χ0v) is 10.4. The topological polar surface area (TPSA) is 13.7 Å². The van der Waals surface area contributed by atoms with E-state index in [0.717, 1.165) is 12.5 Å². The van der Waals surface area contributed by atoms with Crippen molar-refractivity contribution in [2.24, 2.45) is 5.92 Å². The minimum Gasteiger partial charge on any atom is -1.00 e. The fourth-order valence-corrected chi connectivity index (χ4v) is 1.64. The first kappa shape index (κ1) is 12.7. The van der Waals surface area contributed by atoms with Crippen molar-refractivity contribution in [3.8, 4) is 0 Å². The number of halogens is 1. The highest BCUT2D eigenvalue weighted by Gasteiger charge is 2.25. The predicted molar refractivity (Wildman–Crippen MR) is 45.6 cm³/mol. The van der Waals surface area contributed by atoms with Crippen molar-refractivity contribution in [3.63, 3.8) is 0 Å². The van der Waals surface area contributed by atoms with Crippen molar-refractivity contribution in [1.29, 1.82) is 0 Å². The van der Waals surface area contributed by atoms with Crippen molar-refractivity contribution in [3.05, 3.63) is 0 Å². The van der Waals surface area contributed by atoms with E-state index in [1.165, 1.54) is 24.2 Å². The Morgan fingerprint density at radius 2 is 2.08 bits per heavy atom. The zero-order valence-electron chi connectivity index (χ0n) is 8.27. The second kappa shape index (κ2) is 6.16. The van der Waals surface area contributed by atoms with Crippen LogP contribution < -0.4 is 28.9 Å². The number of ether oxygens (including phenoxy) is 1. The SMILES string of the molecule is CCC1CCOC([NH+](C)C)C1.[I-]. The monoisotopic (exact) mass is 285 g/mol. The average Bonchev–Trinajstić information content (AvgIpc) is 2.05. The van der Waals surface area contributed by atoms with Gasteiger partial charge in [0.2, 0.25) is 0 Å². The molecule has 2 nitrogen and oxygen atoms in total. The second-order valence-electron chi connectivity index (χ2n) is 3.74. The number of hydrogen-bond donors (Lipinski definition) is 1. The summed E-state index contributed by atoms with van der Waals surface area (Å²) >= 11 is 0. The van der Waals surface area contributed by atoms with Gasteiger partial charge >= 0.3 is 0 Å². The lowest BCUT2D eigenvalue weighted by atomic mass is 9.96. The summed E-state index contributed by atoms with van der Waals surface area (Å²) in [7, 11) is 4.34. The van der Waals surface area contributed by atoms with Crippen LogP contribution in [0.2, 0.25) is 0 Å². The second-order valence-corrected chi connectivity index (χ2v) is 3.74. The highest BCUT2D eigenvalue weighted by molar-refractivity contribution is 4.63. The van der Waals surface area contributed by atoms with Crippen molar-refractivity contribution < 1.29 is 33.6 Å². The normalized spacial score (nSPS) is 30.0. The summed E-state index contributed by atoms with van der Waals surface area (Å²) in [5.74, 6) is 0.906. The smallest absolute Gasteiger partial charge is 0.191 e. The Morgan fingerprint density at radius 3 is 2.58 bits per heavy atom. The molecule has 0 spiro atoms. The fraction of sp³-hybridized carbons (Fsp3) is 1.00. The molecule has 0 aromatic carbocycles. The van der Waals surface area contributed by atoms with E-state index < -0.39 is 0 Å². The Balaban J connectivity index is 0.00000121. The molecule has 2 atom stereocenters. The fourth-order valence-electron chi connectivity index (χ4n) is 1.64. The highest BCUT2D eigenvalue weighted by atomic mass is 127. The number of quaternary nitrogens is 1. The molecular weight excluding hydrogens is 265 g/mol. The largest absolute Gasteiger partial charge is 1.00 e. The predicted octanol–water partition coefficient (Wildman–Crippen LogP) is -2.70. The molecule has 1 aliphatic heterocycles. The van der Waals surface area contributed by atoms with Crippen LogP contribution >= 0.6 is 0 Å². The van der Waals surface area contributed by atoms with E-state index in [-0.39, 0.29) is 24.0 Å². The summed E-state index contributed by atoms with van der Waals surface area (Å²) in [6.45, 7) is 3.24. The summed E-state index contributed by atoms with van der Waals surface area (Å²) in [4.78, 5) is 1.43. The van der Waals surface area contributed by atoms with Gasteiger partial charge in [0, 0.05) is 6.42 Å². The maximum atomic E-state index is 5.63. The molecule has 0 aliphatic carbocycles. The van der Waals surface area contributed by atoms with Crippen LogP contribution in [0.5, 0.6) is 0 Å². The first-order valence-corrected chi connectivity index (χ1v) is 4.65. The van der Waals surface area contributed by atoms with E-state index in [4.69, 9.17) is 4.74 Å². The Kier molecular flexibility index (Phi) is 6.49. The molecule has 74 valence electrons. The van der Waals surface area contributed by atoms with Gasteiger partial charge in [-0.05, 0) is 12.3 Å². The van der Waals surface area contributed by atoms with Gasteiger partial charge in [0.15, 0.2) is 6.23 Å². The van der Waals surface area contributed by atoms with Gasteiger partial charge < -0.3 is 33.6 Å². The minimum absolute atomic E-state index is 0. The van der Waals surface area contributed by atoms with Crippen LogP contribution in [0, 0.1) is 5.92 Å². The van der Waals surface area contributed by atoms with E-state index in [2.05, 4.69) is 21.0 Å². The molecular formula is C9H20INO. The van der Waals surface area contributed by atoms with Gasteiger partial charge in [-0.15, -0.1) is 0 Å². The molecule has 0 aromatic heterocycles. The lowest BCUT2D eigenvalue weighted by molar-refractivity contribution is -0.913. The van der Waals surface area contributed by atoms with Crippen LogP contribution in [0.4, 0.5) is 0 Å². The molecule has 1 fully saturated rings. The van der Waals surface area contributed by atoms with E-state index in [9.17, 15) is 0 Å². The van der Waals surface area contributed by atoms with E-state index in [0.29, 0.717) is 6.23 Å². The van der Waals surface area contributed by atoms with Crippen molar-refractivity contribution >= 4 is 0 Å². The maximum Gasteiger partial charge on any atom is 0.191 e. The van der Waals surface area contributed by atoms with Crippen LogP contribution in [0.1, 0.15) is 26.2 Å². The van der Waals surface area contributed by atoms with Crippen molar-refractivity contribution in [2.75, 3.05) is 20.7 Å². The number of hydrogen-bond acceptors (Lipinski definition) is 1. The summed E-state index contributed by atoms with van der Waals surface area (Å²) in [6, 6.07) is 0. The molecule has 1 saturated heterocycles. The third-order valence-corrected chi connectivity index (χ3v) is 2.61. The summed E-state index contributed by atoms with van der Waals surface area (Å²) in [5.41, 5.74) is 0. The highest BCUT2D eigenvalue weighted by Crippen LogP contribution is 2.19. The minimum atomic E-state index is 0. The van der Waals surface area contributed by atoms with Gasteiger partial charge in [-0.3, -0.25) is 0 Å². The van der Waals surface area contributed by atoms with Crippen molar-refractivity contribution in [1.82, 2.24) is 0 Å². The molecule has 1 heterocycles. The van der Waals surface area contributed by atoms with Crippen molar-refractivity contribution in [2.45, 2.75) is 32.4 Å². The van der Waals surface area contributed by atoms with Crippen LogP contribution in [0.3, 0.4) is 0 Å². The summed E-state index contributed by atoms with van der Waals surface area (Å²) in [5, 5.41) is 0. The van der Waals surface area contributed by atoms with Gasteiger partial charge in [0.1, 0.15) is 0 Å². The van der Waals surface area contributed by atoms with Crippen LogP contribution in [-0.4, -0.2) is 26.9 Å². The van der Waals surface area contributed by atoms with Crippen LogP contribution in [-0.2, 0) is 4.74 Å². The molecule has 1 N–H and O–H groups in total. The van der Waals surface area contributed by atoms with E-state index in [1.54, 1.807) is 0 Å². The summed E-state index contributed by atoms with van der Waals surface area (Å²) in [6.07, 6.45) is 4.28. The Hall–Kier alpha value is 0.650. The zero-order chi connectivity index (χ0) is 8.27. The maximum absolute atomic E-state index is 5.63. The summed E-state index contributed by atoms with van der Waals surface area (Å²) < 4.78 is 5.63. The molecule has 12 heavy (non-hydrogen) atoms. The molecule has 0 saturated carbocycles. The molecule has 0 radical (unpaired) electrons. The third-order valence-electron chi connectivity index (χ3n) is 2.61. The number of rotatable bonds is 2. The molecule has 1 aliphatic rings. The molecule has 2 unspecified atom stereocenters. The Morgan fingerprint density at radius 1 is 1.42 bits per heavy atom. The van der Waals surface area contributed by atoms with E-state index in [1.807, 2.05) is 0 Å². The lowest BCUT2D eigenvalue weighted by Crippen LogP contribution is -3.10. The lowest BCUT2D eigenvalue weighted by Gasteiger charge is -2.30. The molecule has 3 heteroatoms. The molecule has 1 rings (SSSR count). The van der Waals surface area contributed by atoms with Gasteiger partial charge in [-0.2, -0.15) is 0 Å². The molecule has 0 amide bonds. The molecule has 0 bridgehead atoms. The quantitative estimate of drug-likeness (QED) is 0.545. The first-order chi connectivity index (χ1) is 5.24. The van der Waals surface area contributed by atoms with Gasteiger partial charge in [0.25, 0.3) is 0 Å². The van der Waals surface area contributed by atoms with E-state index >= 15 is 0 Å². The van der Waals surface area contributed by atoms with Gasteiger partial charge in [0.05, 0.1) is 20.7 Å². The van der Waals surface area contributed by atoms with Crippen LogP contribution in [0.15, 0.2) is 0 Å². The third kappa shape index (κ3) is 3.58. The first-order valence-electron chi connectivity index (χ1n) is 4.65. The Bertz CT molecular complexity index is 119. The molecule has 0 aromatic rings. The van der Waals surface area contributed by atoms with Gasteiger partial charge in [-0.1, -0.05) is 13.3 Å². The number of nitrogens with one attached hydrogen (secondary N) is 1. The van der Waals surface area contributed by atoms with Gasteiger partial charge in [-0.25, -0.2) is 0 Å². The van der Waals surface area contributed by atoms with Crippen LogP contribution in [0.25, 0.3) is 0 Å². The standard InChI is InChI=1S/C9H19NO.HI/c1-4-8-5-6-11-9(7-8)10(2)3;/h8-9H,4-7H2,1-3H3;1H.